The van der Waals surface area contributed by atoms with Crippen molar-refractivity contribution in [3.8, 4) is 0 Å². The monoisotopic (exact) mass is 673 g/mol. The van der Waals surface area contributed by atoms with Gasteiger partial charge in [0.2, 0.25) is 11.8 Å². The molecule has 44 heavy (non-hydrogen) atoms. The average molecular weight is 675 g/mol. The first kappa shape index (κ1) is 31.5. The predicted molar refractivity (Wildman–Crippen MR) is 176 cm³/mol. The lowest BCUT2D eigenvalue weighted by Crippen LogP contribution is -2.54. The van der Waals surface area contributed by atoms with E-state index in [1.165, 1.54) is 17.0 Å². The number of carbonyl (C=O) groups is 2. The van der Waals surface area contributed by atoms with Gasteiger partial charge in [-0.25, -0.2) is 8.42 Å². The van der Waals surface area contributed by atoms with Gasteiger partial charge in [-0.3, -0.25) is 13.9 Å². The molecule has 4 aromatic rings. The molecule has 0 heterocycles. The van der Waals surface area contributed by atoms with Gasteiger partial charge < -0.3 is 10.2 Å². The first-order chi connectivity index (χ1) is 21.3. The van der Waals surface area contributed by atoms with Crippen LogP contribution in [-0.4, -0.2) is 43.8 Å². The molecule has 5 rings (SSSR count). The Hall–Kier alpha value is -3.95. The molecule has 2 amide bonds. The molecule has 1 fully saturated rings. The van der Waals surface area contributed by atoms with Gasteiger partial charge in [0.25, 0.3) is 10.0 Å². The molecule has 0 saturated heterocycles. The summed E-state index contributed by atoms with van der Waals surface area (Å²) in [6.07, 6.45) is 4.21. The number of anilines is 1. The molecule has 1 aliphatic carbocycles. The number of hydrogen-bond acceptors (Lipinski definition) is 4. The second kappa shape index (κ2) is 14.7. The molecule has 1 atom stereocenters. The van der Waals surface area contributed by atoms with Gasteiger partial charge in [0.05, 0.1) is 10.6 Å². The molecule has 0 bridgehead atoms. The third-order valence-corrected chi connectivity index (χ3v) is 10.2. The molecule has 1 N–H and O–H groups in total. The lowest BCUT2D eigenvalue weighted by molar-refractivity contribution is -0.140. The number of halogens is 1. The molecule has 0 spiro atoms. The Morgan fingerprint density at radius 2 is 1.39 bits per heavy atom. The van der Waals surface area contributed by atoms with Crippen LogP contribution >= 0.6 is 15.9 Å². The fourth-order valence-electron chi connectivity index (χ4n) is 5.58. The van der Waals surface area contributed by atoms with Crippen LogP contribution in [0.5, 0.6) is 0 Å². The summed E-state index contributed by atoms with van der Waals surface area (Å²) in [4.78, 5) is 30.1. The van der Waals surface area contributed by atoms with E-state index in [0.29, 0.717) is 16.6 Å². The van der Waals surface area contributed by atoms with Crippen LogP contribution in [0.2, 0.25) is 0 Å². The number of benzene rings is 4. The minimum Gasteiger partial charge on any atom is -0.352 e. The van der Waals surface area contributed by atoms with E-state index in [9.17, 15) is 18.0 Å². The van der Waals surface area contributed by atoms with Crippen molar-refractivity contribution in [2.24, 2.45) is 0 Å². The van der Waals surface area contributed by atoms with Gasteiger partial charge in [-0.15, -0.1) is 0 Å². The lowest BCUT2D eigenvalue weighted by Gasteiger charge is -2.34. The molecule has 0 unspecified atom stereocenters. The Bertz CT molecular complexity index is 1650. The summed E-state index contributed by atoms with van der Waals surface area (Å²) in [5, 5.41) is 3.20. The van der Waals surface area contributed by atoms with Crippen LogP contribution in [0.15, 0.2) is 125 Å². The number of rotatable bonds is 12. The third kappa shape index (κ3) is 7.95. The standard InChI is InChI=1S/C35H36BrN3O4S/c36-29-17-12-20-31(24-29)39(44(42,43)32-21-8-3-9-22-32)26-34(40)38(25-28-15-6-2-7-16-28)33(23-27-13-4-1-5-14-27)35(41)37-30-18-10-11-19-30/h1-9,12-17,20-22,24,30,33H,10-11,18-19,23,25-26H2,(H,37,41)/t33-/m1/s1. The van der Waals surface area contributed by atoms with E-state index in [0.717, 1.165) is 41.1 Å². The molecule has 228 valence electrons. The van der Waals surface area contributed by atoms with Gasteiger partial charge >= 0.3 is 0 Å². The number of nitrogens with one attached hydrogen (secondary N) is 1. The molecular weight excluding hydrogens is 638 g/mol. The van der Waals surface area contributed by atoms with E-state index in [1.807, 2.05) is 60.7 Å². The van der Waals surface area contributed by atoms with E-state index in [2.05, 4.69) is 21.2 Å². The van der Waals surface area contributed by atoms with Crippen molar-refractivity contribution in [2.45, 2.75) is 55.6 Å². The van der Waals surface area contributed by atoms with Gasteiger partial charge in [0.15, 0.2) is 0 Å². The number of nitrogens with zero attached hydrogens (tertiary/aromatic N) is 2. The molecule has 9 heteroatoms. The van der Waals surface area contributed by atoms with Gasteiger partial charge in [0.1, 0.15) is 12.6 Å². The maximum Gasteiger partial charge on any atom is 0.264 e. The number of hydrogen-bond donors (Lipinski definition) is 1. The average Bonchev–Trinajstić information content (AvgIpc) is 3.56. The molecule has 1 aliphatic rings. The van der Waals surface area contributed by atoms with Crippen molar-refractivity contribution in [3.63, 3.8) is 0 Å². The zero-order chi connectivity index (χ0) is 30.9. The number of sulfonamides is 1. The summed E-state index contributed by atoms with van der Waals surface area (Å²) < 4.78 is 29.9. The summed E-state index contributed by atoms with van der Waals surface area (Å²) in [5.41, 5.74) is 2.09. The van der Waals surface area contributed by atoms with Crippen molar-refractivity contribution < 1.29 is 18.0 Å². The lowest BCUT2D eigenvalue weighted by atomic mass is 10.0. The predicted octanol–water partition coefficient (Wildman–Crippen LogP) is 6.34. The second-order valence-corrected chi connectivity index (χ2v) is 13.8. The summed E-state index contributed by atoms with van der Waals surface area (Å²) in [5.74, 6) is -0.708. The summed E-state index contributed by atoms with van der Waals surface area (Å²) in [7, 11) is -4.13. The van der Waals surface area contributed by atoms with Gasteiger partial charge in [-0.1, -0.05) is 114 Å². The van der Waals surface area contributed by atoms with Crippen molar-refractivity contribution >= 4 is 43.5 Å². The highest BCUT2D eigenvalue weighted by atomic mass is 79.9. The molecular formula is C35H36BrN3O4S. The highest BCUT2D eigenvalue weighted by molar-refractivity contribution is 9.10. The number of carbonyl (C=O) groups excluding carboxylic acids is 2. The maximum atomic E-state index is 14.5. The molecule has 4 aromatic carbocycles. The van der Waals surface area contributed by atoms with Crippen LogP contribution < -0.4 is 9.62 Å². The number of amides is 2. The largest absolute Gasteiger partial charge is 0.352 e. The normalized spacial score (nSPS) is 14.1. The maximum absolute atomic E-state index is 14.5. The quantitative estimate of drug-likeness (QED) is 0.190. The van der Waals surface area contributed by atoms with Crippen molar-refractivity contribution in [2.75, 3.05) is 10.8 Å². The van der Waals surface area contributed by atoms with Crippen molar-refractivity contribution in [1.82, 2.24) is 10.2 Å². The van der Waals surface area contributed by atoms with Gasteiger partial charge in [-0.2, -0.15) is 0 Å². The first-order valence-electron chi connectivity index (χ1n) is 14.8. The van der Waals surface area contributed by atoms with Crippen LogP contribution in [0.4, 0.5) is 5.69 Å². The molecule has 1 saturated carbocycles. The molecule has 0 aromatic heterocycles. The summed E-state index contributed by atoms with van der Waals surface area (Å²) >= 11 is 3.44. The SMILES string of the molecule is O=C(NC1CCCC1)[C@@H](Cc1ccccc1)N(Cc1ccccc1)C(=O)CN(c1cccc(Br)c1)S(=O)(=O)c1ccccc1. The minimum atomic E-state index is -4.13. The van der Waals surface area contributed by atoms with Gasteiger partial charge in [0, 0.05) is 23.5 Å². The van der Waals surface area contributed by atoms with E-state index < -0.39 is 28.5 Å². The zero-order valence-electron chi connectivity index (χ0n) is 24.4. The van der Waals surface area contributed by atoms with E-state index in [1.54, 1.807) is 42.5 Å². The minimum absolute atomic E-state index is 0.0612. The third-order valence-electron chi connectivity index (χ3n) is 7.87. The molecule has 0 aliphatic heterocycles. The highest BCUT2D eigenvalue weighted by Crippen LogP contribution is 2.27. The van der Waals surface area contributed by atoms with Crippen LogP contribution in [-0.2, 0) is 32.6 Å². The van der Waals surface area contributed by atoms with Crippen LogP contribution in [0, 0.1) is 0 Å². The highest BCUT2D eigenvalue weighted by Gasteiger charge is 2.35. The Labute approximate surface area is 268 Å². The Balaban J connectivity index is 1.55. The van der Waals surface area contributed by atoms with E-state index in [4.69, 9.17) is 0 Å². The first-order valence-corrected chi connectivity index (χ1v) is 17.1. The summed E-state index contributed by atoms with van der Waals surface area (Å²) in [6.45, 7) is -0.338. The van der Waals surface area contributed by atoms with Crippen LogP contribution in [0.1, 0.15) is 36.8 Å². The van der Waals surface area contributed by atoms with E-state index >= 15 is 0 Å². The van der Waals surface area contributed by atoms with E-state index in [-0.39, 0.29) is 23.4 Å². The summed E-state index contributed by atoms with van der Waals surface area (Å²) in [6, 6.07) is 33.2. The molecule has 0 radical (unpaired) electrons. The topological polar surface area (TPSA) is 86.8 Å². The Morgan fingerprint density at radius 1 is 0.795 bits per heavy atom. The molecule has 7 nitrogen and oxygen atoms in total. The Kier molecular flexibility index (Phi) is 10.5. The Morgan fingerprint density at radius 3 is 2.00 bits per heavy atom. The van der Waals surface area contributed by atoms with Gasteiger partial charge in [-0.05, 0) is 54.3 Å². The zero-order valence-corrected chi connectivity index (χ0v) is 26.8. The van der Waals surface area contributed by atoms with Crippen molar-refractivity contribution in [1.29, 1.82) is 0 Å². The van der Waals surface area contributed by atoms with Crippen LogP contribution in [0.25, 0.3) is 0 Å². The fraction of sp³-hybridized carbons (Fsp3) is 0.257. The van der Waals surface area contributed by atoms with Crippen molar-refractivity contribution in [3.05, 3.63) is 131 Å². The second-order valence-electron chi connectivity index (χ2n) is 11.0. The smallest absolute Gasteiger partial charge is 0.264 e. The van der Waals surface area contributed by atoms with Crippen LogP contribution in [0.3, 0.4) is 0 Å². The fourth-order valence-corrected chi connectivity index (χ4v) is 7.40.